The van der Waals surface area contributed by atoms with Gasteiger partial charge in [-0.05, 0) is 30.5 Å². The zero-order valence-corrected chi connectivity index (χ0v) is 11.0. The van der Waals surface area contributed by atoms with Crippen LogP contribution in [0.4, 0.5) is 8.78 Å². The van der Waals surface area contributed by atoms with Crippen LogP contribution in [0.5, 0.6) is 11.5 Å². The predicted molar refractivity (Wildman–Crippen MR) is 66.6 cm³/mol. The zero-order chi connectivity index (χ0) is 13.7. The highest BCUT2D eigenvalue weighted by molar-refractivity contribution is 6.32. The number of rotatable bonds is 6. The molecule has 102 valence electrons. The summed E-state index contributed by atoms with van der Waals surface area (Å²) in [6, 6.07) is 3.17. The highest BCUT2D eigenvalue weighted by Crippen LogP contribution is 2.37. The maximum Gasteiger partial charge on any atom is 0.387 e. The van der Waals surface area contributed by atoms with E-state index in [4.69, 9.17) is 22.1 Å². The molecule has 1 atom stereocenters. The van der Waals surface area contributed by atoms with Crippen LogP contribution in [0.3, 0.4) is 0 Å². The van der Waals surface area contributed by atoms with Crippen molar-refractivity contribution in [2.75, 3.05) is 7.11 Å². The summed E-state index contributed by atoms with van der Waals surface area (Å²) in [5.41, 5.74) is 6.66. The molecule has 3 nitrogen and oxygen atoms in total. The molecule has 0 amide bonds. The zero-order valence-electron chi connectivity index (χ0n) is 10.3. The van der Waals surface area contributed by atoms with E-state index in [2.05, 4.69) is 4.74 Å². The van der Waals surface area contributed by atoms with E-state index in [-0.39, 0.29) is 22.6 Å². The maximum atomic E-state index is 12.2. The van der Waals surface area contributed by atoms with Crippen LogP contribution >= 0.6 is 11.6 Å². The minimum atomic E-state index is -2.94. The van der Waals surface area contributed by atoms with Gasteiger partial charge in [0.05, 0.1) is 12.1 Å². The Labute approximate surface area is 110 Å². The Morgan fingerprint density at radius 3 is 2.56 bits per heavy atom. The number of ether oxygens (including phenoxy) is 2. The van der Waals surface area contributed by atoms with Crippen molar-refractivity contribution in [2.24, 2.45) is 5.73 Å². The Morgan fingerprint density at radius 1 is 1.39 bits per heavy atom. The van der Waals surface area contributed by atoms with Gasteiger partial charge >= 0.3 is 6.61 Å². The van der Waals surface area contributed by atoms with Crippen LogP contribution < -0.4 is 15.2 Å². The molecule has 0 aliphatic carbocycles. The van der Waals surface area contributed by atoms with Gasteiger partial charge in [-0.1, -0.05) is 18.5 Å². The van der Waals surface area contributed by atoms with Crippen LogP contribution in [0.25, 0.3) is 0 Å². The lowest BCUT2D eigenvalue weighted by Crippen LogP contribution is -2.21. The van der Waals surface area contributed by atoms with E-state index in [1.54, 1.807) is 12.1 Å². The van der Waals surface area contributed by atoms with E-state index in [1.807, 2.05) is 6.92 Å². The van der Waals surface area contributed by atoms with Gasteiger partial charge in [-0.2, -0.15) is 8.78 Å². The molecule has 0 aromatic heterocycles. The second kappa shape index (κ2) is 6.75. The Balaban J connectivity index is 3.02. The first-order valence-corrected chi connectivity index (χ1v) is 5.92. The van der Waals surface area contributed by atoms with E-state index in [0.717, 1.165) is 12.0 Å². The topological polar surface area (TPSA) is 44.5 Å². The van der Waals surface area contributed by atoms with Crippen molar-refractivity contribution < 1.29 is 18.3 Å². The molecule has 0 bridgehead atoms. The molecule has 18 heavy (non-hydrogen) atoms. The lowest BCUT2D eigenvalue weighted by molar-refractivity contribution is -0.0511. The third kappa shape index (κ3) is 3.99. The fourth-order valence-corrected chi connectivity index (χ4v) is 1.82. The highest BCUT2D eigenvalue weighted by Gasteiger charge is 2.16. The molecule has 0 aliphatic heterocycles. The van der Waals surface area contributed by atoms with Gasteiger partial charge in [0.2, 0.25) is 0 Å². The number of alkyl halides is 2. The molecular formula is C12H16ClF2NO2. The minimum Gasteiger partial charge on any atom is -0.493 e. The molecule has 0 radical (unpaired) electrons. The van der Waals surface area contributed by atoms with Crippen LogP contribution in [-0.2, 0) is 6.42 Å². The van der Waals surface area contributed by atoms with Crippen molar-refractivity contribution >= 4 is 11.6 Å². The van der Waals surface area contributed by atoms with Gasteiger partial charge in [-0.25, -0.2) is 0 Å². The maximum absolute atomic E-state index is 12.2. The quantitative estimate of drug-likeness (QED) is 0.869. The molecule has 0 heterocycles. The molecule has 0 fully saturated rings. The van der Waals surface area contributed by atoms with Crippen molar-refractivity contribution in [3.05, 3.63) is 22.7 Å². The molecule has 0 saturated heterocycles. The Kier molecular flexibility index (Phi) is 5.62. The summed E-state index contributed by atoms with van der Waals surface area (Å²) >= 11 is 5.90. The number of benzene rings is 1. The van der Waals surface area contributed by atoms with Crippen LogP contribution in [0.2, 0.25) is 5.02 Å². The van der Waals surface area contributed by atoms with E-state index < -0.39 is 6.61 Å². The lowest BCUT2D eigenvalue weighted by Gasteiger charge is -2.15. The molecule has 0 saturated carbocycles. The molecule has 0 spiro atoms. The first-order valence-electron chi connectivity index (χ1n) is 5.54. The molecular weight excluding hydrogens is 264 g/mol. The average Bonchev–Trinajstić information content (AvgIpc) is 2.31. The number of nitrogens with two attached hydrogens (primary N) is 1. The molecule has 1 aromatic rings. The van der Waals surface area contributed by atoms with Crippen molar-refractivity contribution in [1.29, 1.82) is 0 Å². The van der Waals surface area contributed by atoms with Gasteiger partial charge in [0.25, 0.3) is 0 Å². The summed E-state index contributed by atoms with van der Waals surface area (Å²) in [4.78, 5) is 0. The number of halogens is 3. The van der Waals surface area contributed by atoms with E-state index in [1.165, 1.54) is 7.11 Å². The van der Waals surface area contributed by atoms with Crippen LogP contribution in [0.15, 0.2) is 12.1 Å². The summed E-state index contributed by atoms with van der Waals surface area (Å²) < 4.78 is 33.8. The Bertz CT molecular complexity index is 402. The van der Waals surface area contributed by atoms with Crippen molar-refractivity contribution in [3.63, 3.8) is 0 Å². The molecule has 6 heteroatoms. The van der Waals surface area contributed by atoms with E-state index in [9.17, 15) is 8.78 Å². The fraction of sp³-hybridized carbons (Fsp3) is 0.500. The number of hydrogen-bond acceptors (Lipinski definition) is 3. The van der Waals surface area contributed by atoms with Crippen LogP contribution in [0, 0.1) is 0 Å². The largest absolute Gasteiger partial charge is 0.493 e. The molecule has 0 aliphatic rings. The van der Waals surface area contributed by atoms with Crippen LogP contribution in [0.1, 0.15) is 18.9 Å². The van der Waals surface area contributed by atoms with Gasteiger partial charge in [0.15, 0.2) is 11.5 Å². The first kappa shape index (κ1) is 15.0. The van der Waals surface area contributed by atoms with Crippen molar-refractivity contribution in [2.45, 2.75) is 32.4 Å². The van der Waals surface area contributed by atoms with Gasteiger partial charge in [-0.15, -0.1) is 0 Å². The Morgan fingerprint density at radius 2 is 2.06 bits per heavy atom. The lowest BCUT2D eigenvalue weighted by atomic mass is 10.0. The SMILES string of the molecule is CCC(N)Cc1cc(Cl)c(OC(F)F)c(OC)c1. The number of hydrogen-bond donors (Lipinski definition) is 1. The van der Waals surface area contributed by atoms with Crippen molar-refractivity contribution in [1.82, 2.24) is 0 Å². The second-order valence-corrected chi connectivity index (χ2v) is 4.27. The average molecular weight is 280 g/mol. The summed E-state index contributed by atoms with van der Waals surface area (Å²) in [6.07, 6.45) is 1.41. The first-order chi connectivity index (χ1) is 8.47. The van der Waals surface area contributed by atoms with Crippen molar-refractivity contribution in [3.8, 4) is 11.5 Å². The monoisotopic (exact) mass is 279 g/mol. The van der Waals surface area contributed by atoms with E-state index >= 15 is 0 Å². The third-order valence-electron chi connectivity index (χ3n) is 2.52. The standard InChI is InChI=1S/C12H16ClF2NO2/c1-3-8(16)4-7-5-9(13)11(18-12(14)15)10(6-7)17-2/h5-6,8,12H,3-4,16H2,1-2H3. The van der Waals surface area contributed by atoms with Crippen LogP contribution in [-0.4, -0.2) is 19.8 Å². The second-order valence-electron chi connectivity index (χ2n) is 3.86. The summed E-state index contributed by atoms with van der Waals surface area (Å²) in [5.74, 6) is 0.0316. The third-order valence-corrected chi connectivity index (χ3v) is 2.80. The molecule has 1 unspecified atom stereocenters. The van der Waals surface area contributed by atoms with Gasteiger partial charge < -0.3 is 15.2 Å². The highest BCUT2D eigenvalue weighted by atomic mass is 35.5. The summed E-state index contributed by atoms with van der Waals surface area (Å²) in [5, 5.41) is 0.0907. The van der Waals surface area contributed by atoms with Gasteiger partial charge in [0, 0.05) is 6.04 Å². The molecule has 1 aromatic carbocycles. The summed E-state index contributed by atoms with van der Waals surface area (Å²) in [7, 11) is 1.37. The van der Waals surface area contributed by atoms with E-state index in [0.29, 0.717) is 6.42 Å². The number of methoxy groups -OCH3 is 1. The normalized spacial score (nSPS) is 12.6. The fourth-order valence-electron chi connectivity index (χ4n) is 1.54. The molecule has 2 N–H and O–H groups in total. The minimum absolute atomic E-state index is 0.00681. The Hall–Kier alpha value is -1.07. The van der Waals surface area contributed by atoms with Gasteiger partial charge in [-0.3, -0.25) is 0 Å². The van der Waals surface area contributed by atoms with Gasteiger partial charge in [0.1, 0.15) is 0 Å². The smallest absolute Gasteiger partial charge is 0.387 e. The molecule has 1 rings (SSSR count). The summed E-state index contributed by atoms with van der Waals surface area (Å²) in [6.45, 7) is -0.974. The predicted octanol–water partition coefficient (Wildman–Crippen LogP) is 3.23.